The van der Waals surface area contributed by atoms with Crippen molar-refractivity contribution in [3.05, 3.63) is 66.5 Å². The van der Waals surface area contributed by atoms with E-state index >= 15 is 0 Å². The SMILES string of the molecule is COc1cccc(-n2cnnc2S[C@H](C)C(=O)N[C@H](C)CCc2ccccc2)c1. The van der Waals surface area contributed by atoms with Gasteiger partial charge in [-0.1, -0.05) is 48.2 Å². The highest BCUT2D eigenvalue weighted by atomic mass is 32.2. The standard InChI is InChI=1S/C22H26N4O2S/c1-16(12-13-18-8-5-4-6-9-18)24-21(27)17(2)29-22-25-23-15-26(22)19-10-7-11-20(14-19)28-3/h4-11,14-17H,12-13H2,1-3H3,(H,24,27)/t16-,17-/m1/s1. The average molecular weight is 411 g/mol. The Labute approximate surface area is 175 Å². The fourth-order valence-corrected chi connectivity index (χ4v) is 3.77. The van der Waals surface area contributed by atoms with Gasteiger partial charge in [0.1, 0.15) is 12.1 Å². The number of hydrogen-bond donors (Lipinski definition) is 1. The predicted octanol–water partition coefficient (Wildman–Crippen LogP) is 3.89. The molecule has 1 heterocycles. The average Bonchev–Trinajstić information content (AvgIpc) is 3.21. The van der Waals surface area contributed by atoms with Gasteiger partial charge in [0, 0.05) is 12.1 Å². The minimum Gasteiger partial charge on any atom is -0.497 e. The van der Waals surface area contributed by atoms with Gasteiger partial charge in [0.15, 0.2) is 5.16 Å². The largest absolute Gasteiger partial charge is 0.497 e. The number of nitrogens with one attached hydrogen (secondary N) is 1. The summed E-state index contributed by atoms with van der Waals surface area (Å²) in [6.07, 6.45) is 3.48. The van der Waals surface area contributed by atoms with Crippen LogP contribution in [0.5, 0.6) is 5.75 Å². The van der Waals surface area contributed by atoms with E-state index in [2.05, 4.69) is 27.6 Å². The number of nitrogens with zero attached hydrogens (tertiary/aromatic N) is 3. The van der Waals surface area contributed by atoms with Crippen LogP contribution >= 0.6 is 11.8 Å². The van der Waals surface area contributed by atoms with E-state index in [-0.39, 0.29) is 17.2 Å². The minimum absolute atomic E-state index is 0.00393. The smallest absolute Gasteiger partial charge is 0.233 e. The van der Waals surface area contributed by atoms with Gasteiger partial charge in [-0.15, -0.1) is 10.2 Å². The van der Waals surface area contributed by atoms with Gasteiger partial charge in [-0.3, -0.25) is 9.36 Å². The van der Waals surface area contributed by atoms with Crippen LogP contribution in [0.3, 0.4) is 0 Å². The maximum Gasteiger partial charge on any atom is 0.233 e. The lowest BCUT2D eigenvalue weighted by molar-refractivity contribution is -0.120. The molecule has 7 heteroatoms. The van der Waals surface area contributed by atoms with Gasteiger partial charge in [0.2, 0.25) is 5.91 Å². The van der Waals surface area contributed by atoms with Crippen molar-refractivity contribution in [2.75, 3.05) is 7.11 Å². The van der Waals surface area contributed by atoms with Gasteiger partial charge in [-0.05, 0) is 44.4 Å². The number of aryl methyl sites for hydroxylation is 1. The van der Waals surface area contributed by atoms with Crippen molar-refractivity contribution in [3.63, 3.8) is 0 Å². The fourth-order valence-electron chi connectivity index (χ4n) is 2.91. The van der Waals surface area contributed by atoms with Crippen molar-refractivity contribution >= 4 is 17.7 Å². The molecule has 0 saturated heterocycles. The zero-order chi connectivity index (χ0) is 20.6. The van der Waals surface area contributed by atoms with Crippen LogP contribution in [0.25, 0.3) is 5.69 Å². The first-order chi connectivity index (χ1) is 14.1. The van der Waals surface area contributed by atoms with Crippen molar-refractivity contribution in [1.82, 2.24) is 20.1 Å². The van der Waals surface area contributed by atoms with Crippen molar-refractivity contribution < 1.29 is 9.53 Å². The zero-order valence-corrected chi connectivity index (χ0v) is 17.7. The minimum atomic E-state index is -0.289. The van der Waals surface area contributed by atoms with E-state index in [4.69, 9.17) is 4.74 Å². The molecule has 0 bridgehead atoms. The molecule has 0 radical (unpaired) electrons. The zero-order valence-electron chi connectivity index (χ0n) is 16.9. The molecular weight excluding hydrogens is 384 g/mol. The molecule has 29 heavy (non-hydrogen) atoms. The number of hydrogen-bond acceptors (Lipinski definition) is 5. The van der Waals surface area contributed by atoms with E-state index in [0.29, 0.717) is 5.16 Å². The Balaban J connectivity index is 1.56. The molecule has 0 spiro atoms. The number of rotatable bonds is 9. The van der Waals surface area contributed by atoms with Crippen LogP contribution < -0.4 is 10.1 Å². The topological polar surface area (TPSA) is 69.0 Å². The Morgan fingerprint density at radius 3 is 2.72 bits per heavy atom. The number of ether oxygens (including phenoxy) is 1. The number of benzene rings is 2. The number of amides is 1. The molecule has 6 nitrogen and oxygen atoms in total. The number of carbonyl (C=O) groups excluding carboxylic acids is 1. The van der Waals surface area contributed by atoms with Gasteiger partial charge >= 0.3 is 0 Å². The van der Waals surface area contributed by atoms with E-state index in [1.54, 1.807) is 13.4 Å². The molecule has 3 aromatic rings. The van der Waals surface area contributed by atoms with Crippen LogP contribution in [0.15, 0.2) is 66.1 Å². The normalized spacial score (nSPS) is 12.9. The van der Waals surface area contributed by atoms with E-state index < -0.39 is 0 Å². The maximum absolute atomic E-state index is 12.6. The van der Waals surface area contributed by atoms with Gasteiger partial charge in [-0.25, -0.2) is 0 Å². The van der Waals surface area contributed by atoms with Gasteiger partial charge in [-0.2, -0.15) is 0 Å². The third-order valence-corrected chi connectivity index (χ3v) is 5.65. The van der Waals surface area contributed by atoms with Crippen molar-refractivity contribution in [2.45, 2.75) is 43.1 Å². The summed E-state index contributed by atoms with van der Waals surface area (Å²) in [4.78, 5) is 12.6. The van der Waals surface area contributed by atoms with Crippen molar-refractivity contribution in [3.8, 4) is 11.4 Å². The molecule has 3 rings (SSSR count). The summed E-state index contributed by atoms with van der Waals surface area (Å²) < 4.78 is 7.14. The van der Waals surface area contributed by atoms with E-state index in [0.717, 1.165) is 24.3 Å². The first-order valence-electron chi connectivity index (χ1n) is 9.62. The van der Waals surface area contributed by atoms with Crippen LogP contribution in [0, 0.1) is 0 Å². The summed E-state index contributed by atoms with van der Waals surface area (Å²) in [7, 11) is 1.63. The molecule has 152 valence electrons. The van der Waals surface area contributed by atoms with Crippen molar-refractivity contribution in [1.29, 1.82) is 0 Å². The first kappa shape index (κ1) is 20.9. The third kappa shape index (κ3) is 5.84. The Morgan fingerprint density at radius 2 is 1.97 bits per heavy atom. The van der Waals surface area contributed by atoms with Crippen LogP contribution in [0.4, 0.5) is 0 Å². The molecular formula is C22H26N4O2S. The summed E-state index contributed by atoms with van der Waals surface area (Å²) in [6, 6.07) is 18.1. The number of methoxy groups -OCH3 is 1. The lowest BCUT2D eigenvalue weighted by atomic mass is 10.1. The molecule has 1 aromatic heterocycles. The number of aromatic nitrogens is 3. The second-order valence-electron chi connectivity index (χ2n) is 6.88. The van der Waals surface area contributed by atoms with Crippen LogP contribution in [-0.2, 0) is 11.2 Å². The molecule has 0 unspecified atom stereocenters. The molecule has 0 aliphatic rings. The van der Waals surface area contributed by atoms with Crippen LogP contribution in [0.2, 0.25) is 0 Å². The molecule has 1 amide bonds. The van der Waals surface area contributed by atoms with Crippen LogP contribution in [-0.4, -0.2) is 39.1 Å². The van der Waals surface area contributed by atoms with Crippen molar-refractivity contribution in [2.24, 2.45) is 0 Å². The molecule has 0 saturated carbocycles. The quantitative estimate of drug-likeness (QED) is 0.542. The lowest BCUT2D eigenvalue weighted by Crippen LogP contribution is -2.38. The lowest BCUT2D eigenvalue weighted by Gasteiger charge is -2.17. The predicted molar refractivity (Wildman–Crippen MR) is 116 cm³/mol. The molecule has 2 atom stereocenters. The molecule has 0 fully saturated rings. The molecule has 0 aliphatic carbocycles. The van der Waals surface area contributed by atoms with Crippen LogP contribution in [0.1, 0.15) is 25.8 Å². The number of thioether (sulfide) groups is 1. The monoisotopic (exact) mass is 410 g/mol. The first-order valence-corrected chi connectivity index (χ1v) is 10.5. The Morgan fingerprint density at radius 1 is 1.17 bits per heavy atom. The fraction of sp³-hybridized carbons (Fsp3) is 0.318. The highest BCUT2D eigenvalue weighted by molar-refractivity contribution is 8.00. The van der Waals surface area contributed by atoms with E-state index in [1.165, 1.54) is 17.3 Å². The molecule has 0 aliphatic heterocycles. The summed E-state index contributed by atoms with van der Waals surface area (Å²) in [5, 5.41) is 11.7. The Bertz CT molecular complexity index is 929. The Kier molecular flexibility index (Phi) is 7.30. The number of carbonyl (C=O) groups is 1. The van der Waals surface area contributed by atoms with Gasteiger partial charge in [0.05, 0.1) is 18.0 Å². The highest BCUT2D eigenvalue weighted by Crippen LogP contribution is 2.25. The molecule has 2 aromatic carbocycles. The summed E-state index contributed by atoms with van der Waals surface area (Å²) in [6.45, 7) is 3.92. The van der Waals surface area contributed by atoms with Gasteiger partial charge in [0.25, 0.3) is 0 Å². The highest BCUT2D eigenvalue weighted by Gasteiger charge is 2.20. The van der Waals surface area contributed by atoms with E-state index in [1.807, 2.05) is 60.9 Å². The van der Waals surface area contributed by atoms with E-state index in [9.17, 15) is 4.79 Å². The van der Waals surface area contributed by atoms with Gasteiger partial charge < -0.3 is 10.1 Å². The Hall–Kier alpha value is -2.80. The maximum atomic E-state index is 12.6. The molecule has 1 N–H and O–H groups in total. The summed E-state index contributed by atoms with van der Waals surface area (Å²) in [5.41, 5.74) is 2.17. The summed E-state index contributed by atoms with van der Waals surface area (Å²) >= 11 is 1.39. The second kappa shape index (κ2) is 10.1. The third-order valence-electron chi connectivity index (χ3n) is 4.60. The second-order valence-corrected chi connectivity index (χ2v) is 8.19. The summed E-state index contributed by atoms with van der Waals surface area (Å²) in [5.74, 6) is 0.751.